The predicted octanol–water partition coefficient (Wildman–Crippen LogP) is 7.48. The van der Waals surface area contributed by atoms with Crippen molar-refractivity contribution >= 4 is 23.3 Å². The minimum Gasteiger partial charge on any atom is -0.322 e. The molecule has 1 atom stereocenters. The summed E-state index contributed by atoms with van der Waals surface area (Å²) in [6.45, 7) is 0. The van der Waals surface area contributed by atoms with Gasteiger partial charge in [-0.05, 0) is 71.8 Å². The Labute approximate surface area is 218 Å². The number of pyridine rings is 1. The number of hydrogen-bond acceptors (Lipinski definition) is 2. The van der Waals surface area contributed by atoms with E-state index in [-0.39, 0.29) is 28.4 Å². The minimum atomic E-state index is -4.91. The predicted molar refractivity (Wildman–Crippen MR) is 130 cm³/mol. The monoisotopic (exact) mass is 549 g/mol. The zero-order valence-corrected chi connectivity index (χ0v) is 20.0. The van der Waals surface area contributed by atoms with E-state index in [9.17, 15) is 31.1 Å². The van der Waals surface area contributed by atoms with Gasteiger partial charge in [0.05, 0.1) is 16.3 Å². The van der Waals surface area contributed by atoms with Crippen LogP contribution >= 0.6 is 11.6 Å². The van der Waals surface area contributed by atoms with Crippen LogP contribution in [0.3, 0.4) is 0 Å². The zero-order valence-electron chi connectivity index (χ0n) is 19.3. The molecule has 1 aromatic heterocycles. The Morgan fingerprint density at radius 1 is 0.816 bits per heavy atom. The fourth-order valence-electron chi connectivity index (χ4n) is 3.98. The number of nitrogens with zero attached hydrogens (tertiary/aromatic N) is 1. The summed E-state index contributed by atoms with van der Waals surface area (Å²) in [7, 11) is 0. The van der Waals surface area contributed by atoms with Crippen molar-refractivity contribution in [2.24, 2.45) is 0 Å². The summed E-state index contributed by atoms with van der Waals surface area (Å²) in [5.74, 6) is -2.41. The first kappa shape index (κ1) is 27.0. The van der Waals surface area contributed by atoms with Crippen LogP contribution in [0.1, 0.15) is 22.4 Å². The largest absolute Gasteiger partial charge is 0.416 e. The Kier molecular flexibility index (Phi) is 7.63. The molecule has 0 aliphatic heterocycles. The van der Waals surface area contributed by atoms with E-state index >= 15 is 0 Å². The molecular formula is C27H18ClF6N3O. The van der Waals surface area contributed by atoms with Gasteiger partial charge in [-0.25, -0.2) is 18.0 Å². The first-order chi connectivity index (χ1) is 17.9. The number of amides is 2. The molecule has 0 radical (unpaired) electrons. The van der Waals surface area contributed by atoms with Gasteiger partial charge in [0.2, 0.25) is 0 Å². The van der Waals surface area contributed by atoms with E-state index in [1.165, 1.54) is 42.6 Å². The third-order valence-corrected chi connectivity index (χ3v) is 5.90. The maximum Gasteiger partial charge on any atom is 0.416 e. The normalized spacial score (nSPS) is 13.0. The molecule has 0 saturated carbocycles. The Bertz CT molecular complexity index is 1440. The van der Waals surface area contributed by atoms with Crippen molar-refractivity contribution in [3.63, 3.8) is 0 Å². The molecule has 0 bridgehead atoms. The van der Waals surface area contributed by atoms with Crippen LogP contribution in [-0.4, -0.2) is 11.0 Å². The van der Waals surface area contributed by atoms with Gasteiger partial charge in [-0.1, -0.05) is 29.8 Å². The molecule has 0 unspecified atom stereocenters. The molecule has 3 aromatic carbocycles. The number of carbonyl (C=O) groups excluding carboxylic acids is 1. The maximum absolute atomic E-state index is 14.6. The van der Waals surface area contributed by atoms with Gasteiger partial charge < -0.3 is 10.6 Å². The third kappa shape index (κ3) is 6.25. The van der Waals surface area contributed by atoms with Gasteiger partial charge in [-0.3, -0.25) is 4.98 Å². The van der Waals surface area contributed by atoms with Crippen LogP contribution in [0.5, 0.6) is 0 Å². The molecule has 2 N–H and O–H groups in total. The number of aromatic nitrogens is 1. The fourth-order valence-corrected chi connectivity index (χ4v) is 4.09. The van der Waals surface area contributed by atoms with Gasteiger partial charge in [0, 0.05) is 18.3 Å². The second-order valence-corrected chi connectivity index (χ2v) is 8.82. The van der Waals surface area contributed by atoms with Crippen molar-refractivity contribution < 1.29 is 31.1 Å². The highest BCUT2D eigenvalue weighted by Crippen LogP contribution is 2.38. The number of alkyl halides is 3. The SMILES string of the molecule is O=C(Nc1cccc(F)c1)N[C@@](Cc1ccc(F)cc1)(c1cc(F)cc(C(F)(F)F)c1)c1ccc(Cl)cn1. The number of urea groups is 1. The van der Waals surface area contributed by atoms with Gasteiger partial charge in [0.1, 0.15) is 23.0 Å². The van der Waals surface area contributed by atoms with Crippen LogP contribution in [0.25, 0.3) is 0 Å². The molecule has 1 heterocycles. The van der Waals surface area contributed by atoms with Crippen molar-refractivity contribution in [2.75, 3.05) is 5.32 Å². The first-order valence-electron chi connectivity index (χ1n) is 11.0. The van der Waals surface area contributed by atoms with Crippen LogP contribution in [0, 0.1) is 17.5 Å². The van der Waals surface area contributed by atoms with Gasteiger partial charge in [0.25, 0.3) is 0 Å². The van der Waals surface area contributed by atoms with Crippen LogP contribution in [0.2, 0.25) is 5.02 Å². The lowest BCUT2D eigenvalue weighted by Gasteiger charge is -2.36. The summed E-state index contributed by atoms with van der Waals surface area (Å²) in [5.41, 5.74) is -3.05. The third-order valence-electron chi connectivity index (χ3n) is 5.67. The molecule has 4 aromatic rings. The number of carbonyl (C=O) groups is 1. The Balaban J connectivity index is 1.91. The van der Waals surface area contributed by atoms with Crippen molar-refractivity contribution in [3.05, 3.63) is 130 Å². The second kappa shape index (κ2) is 10.7. The van der Waals surface area contributed by atoms with Crippen molar-refractivity contribution in [2.45, 2.75) is 18.1 Å². The fraction of sp³-hybridized carbons (Fsp3) is 0.111. The Morgan fingerprint density at radius 2 is 1.53 bits per heavy atom. The zero-order chi connectivity index (χ0) is 27.5. The van der Waals surface area contributed by atoms with E-state index in [1.807, 2.05) is 0 Å². The number of nitrogens with one attached hydrogen (secondary N) is 2. The second-order valence-electron chi connectivity index (χ2n) is 8.39. The van der Waals surface area contributed by atoms with Crippen molar-refractivity contribution in [3.8, 4) is 0 Å². The highest BCUT2D eigenvalue weighted by atomic mass is 35.5. The molecule has 4 rings (SSSR count). The molecule has 38 heavy (non-hydrogen) atoms. The van der Waals surface area contributed by atoms with E-state index in [1.54, 1.807) is 0 Å². The van der Waals surface area contributed by atoms with Gasteiger partial charge in [-0.15, -0.1) is 0 Å². The summed E-state index contributed by atoms with van der Waals surface area (Å²) in [4.78, 5) is 17.4. The lowest BCUT2D eigenvalue weighted by atomic mass is 9.79. The maximum atomic E-state index is 14.6. The summed E-state index contributed by atoms with van der Waals surface area (Å²) < 4.78 is 82.9. The van der Waals surface area contributed by atoms with Crippen LogP contribution in [0.15, 0.2) is 85.1 Å². The summed E-state index contributed by atoms with van der Waals surface area (Å²) in [5, 5.41) is 5.24. The topological polar surface area (TPSA) is 54.0 Å². The average molecular weight is 550 g/mol. The Morgan fingerprint density at radius 3 is 2.16 bits per heavy atom. The van der Waals surface area contributed by atoms with Crippen LogP contribution in [0.4, 0.5) is 36.8 Å². The molecule has 4 nitrogen and oxygen atoms in total. The van der Waals surface area contributed by atoms with Gasteiger partial charge in [0.15, 0.2) is 0 Å². The smallest absolute Gasteiger partial charge is 0.322 e. The molecule has 0 fully saturated rings. The van der Waals surface area contributed by atoms with Crippen molar-refractivity contribution in [1.29, 1.82) is 0 Å². The highest BCUT2D eigenvalue weighted by molar-refractivity contribution is 6.30. The van der Waals surface area contributed by atoms with Crippen LogP contribution in [-0.2, 0) is 18.1 Å². The van der Waals surface area contributed by atoms with E-state index in [2.05, 4.69) is 15.6 Å². The summed E-state index contributed by atoms with van der Waals surface area (Å²) >= 11 is 5.98. The minimum absolute atomic E-state index is 0.0133. The van der Waals surface area contributed by atoms with E-state index in [4.69, 9.17) is 11.6 Å². The number of rotatable bonds is 6. The number of halogens is 7. The van der Waals surface area contributed by atoms with Gasteiger partial charge in [-0.2, -0.15) is 13.2 Å². The number of anilines is 1. The van der Waals surface area contributed by atoms with Crippen molar-refractivity contribution in [1.82, 2.24) is 10.3 Å². The lowest BCUT2D eigenvalue weighted by molar-refractivity contribution is -0.137. The molecule has 0 saturated heterocycles. The molecular weight excluding hydrogens is 532 g/mol. The highest BCUT2D eigenvalue weighted by Gasteiger charge is 2.41. The molecule has 0 spiro atoms. The molecule has 0 aliphatic carbocycles. The van der Waals surface area contributed by atoms with Gasteiger partial charge >= 0.3 is 12.2 Å². The van der Waals surface area contributed by atoms with E-state index < -0.39 is 40.8 Å². The molecule has 0 aliphatic rings. The number of hydrogen-bond donors (Lipinski definition) is 2. The molecule has 196 valence electrons. The van der Waals surface area contributed by atoms with Crippen LogP contribution < -0.4 is 10.6 Å². The lowest BCUT2D eigenvalue weighted by Crippen LogP contribution is -2.50. The number of benzene rings is 3. The summed E-state index contributed by atoms with van der Waals surface area (Å²) in [6.07, 6.45) is -3.96. The molecule has 11 heteroatoms. The van der Waals surface area contributed by atoms with E-state index in [0.29, 0.717) is 17.7 Å². The molecule has 2 amide bonds. The Hall–Kier alpha value is -4.05. The average Bonchev–Trinajstić information content (AvgIpc) is 2.84. The summed E-state index contributed by atoms with van der Waals surface area (Å²) in [6, 6.07) is 13.6. The van der Waals surface area contributed by atoms with E-state index in [0.717, 1.165) is 30.3 Å². The first-order valence-corrected chi connectivity index (χ1v) is 11.4. The standard InChI is InChI=1S/C27H18ClF6N3O/c28-19-6-9-24(35-15-19)26(14-16-4-7-20(29)8-5-16,17-10-18(27(32,33)34)12-22(31)11-17)37-25(38)36-23-3-1-2-21(30)13-23/h1-13,15H,14H2,(H2,36,37,38)/t26-/m0/s1. The quantitative estimate of drug-likeness (QED) is 0.245.